The van der Waals surface area contributed by atoms with Crippen molar-refractivity contribution in [1.29, 1.82) is 0 Å². The number of hydrogen-bond acceptors (Lipinski definition) is 5. The largest absolute Gasteiger partial charge is 0.404 e. The third-order valence-electron chi connectivity index (χ3n) is 4.01. The number of aromatic nitrogens is 2. The summed E-state index contributed by atoms with van der Waals surface area (Å²) >= 11 is 0. The Morgan fingerprint density at radius 1 is 1.14 bits per heavy atom. The molecule has 3 aromatic rings. The maximum Gasteiger partial charge on any atom is 0.345 e. The van der Waals surface area contributed by atoms with Crippen LogP contribution in [0.25, 0.3) is 5.69 Å². The molecular formula is C20H18FN3O4. The van der Waals surface area contributed by atoms with E-state index in [0.717, 1.165) is 6.07 Å². The second kappa shape index (κ2) is 7.22. The number of ether oxygens (including phenoxy) is 1. The number of nitro groups is 1. The average Bonchev–Trinajstić information content (AvgIpc) is 3.06. The van der Waals surface area contributed by atoms with Crippen molar-refractivity contribution >= 4 is 11.7 Å². The van der Waals surface area contributed by atoms with E-state index in [1.54, 1.807) is 6.07 Å². The maximum atomic E-state index is 13.3. The van der Waals surface area contributed by atoms with Crippen molar-refractivity contribution in [1.82, 2.24) is 9.78 Å². The molecule has 0 amide bonds. The monoisotopic (exact) mass is 383 g/mol. The van der Waals surface area contributed by atoms with E-state index in [4.69, 9.17) is 4.74 Å². The summed E-state index contributed by atoms with van der Waals surface area (Å²) in [5.41, 5.74) is 0.686. The normalized spacial score (nSPS) is 11.3. The van der Waals surface area contributed by atoms with Crippen LogP contribution in [0.5, 0.6) is 5.88 Å². The predicted molar refractivity (Wildman–Crippen MR) is 100 cm³/mol. The zero-order chi connectivity index (χ0) is 20.5. The fraction of sp³-hybridized carbons (Fsp3) is 0.200. The lowest BCUT2D eigenvalue weighted by Gasteiger charge is -2.13. The summed E-state index contributed by atoms with van der Waals surface area (Å²) in [5, 5.41) is 15.4. The number of esters is 1. The van der Waals surface area contributed by atoms with Crippen molar-refractivity contribution in [2.75, 3.05) is 0 Å². The van der Waals surface area contributed by atoms with Gasteiger partial charge in [-0.2, -0.15) is 5.10 Å². The van der Waals surface area contributed by atoms with Gasteiger partial charge in [0.2, 0.25) is 5.88 Å². The zero-order valence-corrected chi connectivity index (χ0v) is 15.5. The molecule has 7 nitrogen and oxygen atoms in total. The molecule has 3 rings (SSSR count). The number of nitro benzene ring substituents is 1. The van der Waals surface area contributed by atoms with Gasteiger partial charge in [0, 0.05) is 23.6 Å². The highest BCUT2D eigenvalue weighted by atomic mass is 19.1. The Balaban J connectivity index is 1.99. The Kier molecular flexibility index (Phi) is 4.96. The molecule has 0 saturated heterocycles. The van der Waals surface area contributed by atoms with Crippen LogP contribution in [0.4, 0.5) is 10.1 Å². The van der Waals surface area contributed by atoms with Gasteiger partial charge in [-0.1, -0.05) is 26.8 Å². The van der Waals surface area contributed by atoms with Gasteiger partial charge in [0.25, 0.3) is 5.69 Å². The molecule has 0 fully saturated rings. The number of benzene rings is 2. The lowest BCUT2D eigenvalue weighted by atomic mass is 9.93. The van der Waals surface area contributed by atoms with Crippen molar-refractivity contribution in [3.05, 3.63) is 81.8 Å². The van der Waals surface area contributed by atoms with Crippen LogP contribution in [0.15, 0.2) is 54.6 Å². The highest BCUT2D eigenvalue weighted by Gasteiger charge is 2.23. The number of hydrogen-bond donors (Lipinski definition) is 0. The SMILES string of the molecule is CC(C)(C)c1cc(OC(=O)c2cccc([N+](=O)[O-])c2)n(-c2ccc(F)cc2)n1. The van der Waals surface area contributed by atoms with Crippen LogP contribution in [-0.4, -0.2) is 20.7 Å². The molecule has 0 unspecified atom stereocenters. The van der Waals surface area contributed by atoms with Crippen molar-refractivity contribution in [3.8, 4) is 11.6 Å². The molecule has 2 aromatic carbocycles. The summed E-state index contributed by atoms with van der Waals surface area (Å²) in [5.74, 6) is -1.03. The first kappa shape index (κ1) is 19.2. The van der Waals surface area contributed by atoms with Gasteiger partial charge in [0.1, 0.15) is 5.82 Å². The van der Waals surface area contributed by atoms with Crippen LogP contribution in [0.1, 0.15) is 36.8 Å². The smallest absolute Gasteiger partial charge is 0.345 e. The minimum atomic E-state index is -0.757. The van der Waals surface area contributed by atoms with Crippen LogP contribution in [-0.2, 0) is 5.41 Å². The van der Waals surface area contributed by atoms with Crippen LogP contribution in [0.2, 0.25) is 0 Å². The van der Waals surface area contributed by atoms with Gasteiger partial charge in [-0.3, -0.25) is 10.1 Å². The summed E-state index contributed by atoms with van der Waals surface area (Å²) in [4.78, 5) is 22.9. The van der Waals surface area contributed by atoms with Crippen LogP contribution in [0, 0.1) is 15.9 Å². The molecule has 0 aliphatic heterocycles. The topological polar surface area (TPSA) is 87.3 Å². The van der Waals surface area contributed by atoms with Crippen molar-refractivity contribution < 1.29 is 18.8 Å². The quantitative estimate of drug-likeness (QED) is 0.378. The molecule has 0 N–H and O–H groups in total. The van der Waals surface area contributed by atoms with Crippen LogP contribution in [0.3, 0.4) is 0 Å². The van der Waals surface area contributed by atoms with Crippen LogP contribution < -0.4 is 4.74 Å². The molecule has 0 spiro atoms. The van der Waals surface area contributed by atoms with Crippen LogP contribution >= 0.6 is 0 Å². The van der Waals surface area contributed by atoms with E-state index in [-0.39, 0.29) is 22.5 Å². The Bertz CT molecular complexity index is 1040. The first-order valence-corrected chi connectivity index (χ1v) is 8.48. The zero-order valence-electron chi connectivity index (χ0n) is 15.5. The minimum Gasteiger partial charge on any atom is -0.404 e. The van der Waals surface area contributed by atoms with Crippen molar-refractivity contribution in [3.63, 3.8) is 0 Å². The fourth-order valence-electron chi connectivity index (χ4n) is 2.47. The van der Waals surface area contributed by atoms with Gasteiger partial charge in [0.15, 0.2) is 0 Å². The molecule has 0 bridgehead atoms. The first-order valence-electron chi connectivity index (χ1n) is 8.48. The lowest BCUT2D eigenvalue weighted by Crippen LogP contribution is -2.13. The molecule has 0 aliphatic rings. The van der Waals surface area contributed by atoms with Gasteiger partial charge in [-0.15, -0.1) is 0 Å². The molecule has 1 heterocycles. The maximum absolute atomic E-state index is 13.3. The molecule has 0 atom stereocenters. The van der Waals surface area contributed by atoms with Gasteiger partial charge in [0.05, 0.1) is 21.9 Å². The number of carbonyl (C=O) groups is 1. The Morgan fingerprint density at radius 2 is 1.82 bits per heavy atom. The third kappa shape index (κ3) is 4.06. The molecule has 144 valence electrons. The van der Waals surface area contributed by atoms with Gasteiger partial charge < -0.3 is 4.74 Å². The Labute approximate surface area is 160 Å². The standard InChI is InChI=1S/C20H18FN3O4/c1-20(2,3)17-12-18(23(22-17)15-9-7-14(21)8-10-15)28-19(25)13-5-4-6-16(11-13)24(26)27/h4-12H,1-3H3. The molecule has 0 saturated carbocycles. The molecule has 0 radical (unpaired) electrons. The summed E-state index contributed by atoms with van der Waals surface area (Å²) in [6, 6.07) is 12.5. The van der Waals surface area contributed by atoms with E-state index in [9.17, 15) is 19.3 Å². The van der Waals surface area contributed by atoms with E-state index in [1.165, 1.54) is 47.1 Å². The second-order valence-corrected chi connectivity index (χ2v) is 7.20. The molecule has 1 aromatic heterocycles. The highest BCUT2D eigenvalue weighted by Crippen LogP contribution is 2.28. The molecule has 28 heavy (non-hydrogen) atoms. The van der Waals surface area contributed by atoms with E-state index in [0.29, 0.717) is 11.4 Å². The summed E-state index contributed by atoms with van der Waals surface area (Å²) in [6.45, 7) is 5.86. The van der Waals surface area contributed by atoms with E-state index in [1.807, 2.05) is 20.8 Å². The van der Waals surface area contributed by atoms with E-state index in [2.05, 4.69) is 5.10 Å². The van der Waals surface area contributed by atoms with Gasteiger partial charge in [-0.25, -0.2) is 13.9 Å². The third-order valence-corrected chi connectivity index (χ3v) is 4.01. The Hall–Kier alpha value is -3.55. The van der Waals surface area contributed by atoms with Gasteiger partial charge in [-0.05, 0) is 30.3 Å². The van der Waals surface area contributed by atoms with Gasteiger partial charge >= 0.3 is 5.97 Å². The average molecular weight is 383 g/mol. The lowest BCUT2D eigenvalue weighted by molar-refractivity contribution is -0.384. The fourth-order valence-corrected chi connectivity index (χ4v) is 2.47. The minimum absolute atomic E-state index is 0.0402. The Morgan fingerprint density at radius 3 is 2.43 bits per heavy atom. The van der Waals surface area contributed by atoms with E-state index >= 15 is 0 Å². The van der Waals surface area contributed by atoms with Crippen molar-refractivity contribution in [2.45, 2.75) is 26.2 Å². The molecular weight excluding hydrogens is 365 g/mol. The number of rotatable bonds is 4. The number of nitrogens with zero attached hydrogens (tertiary/aromatic N) is 3. The first-order chi connectivity index (χ1) is 13.1. The van der Waals surface area contributed by atoms with Crippen molar-refractivity contribution in [2.24, 2.45) is 0 Å². The van der Waals surface area contributed by atoms with E-state index < -0.39 is 16.7 Å². The highest BCUT2D eigenvalue weighted by molar-refractivity contribution is 5.91. The predicted octanol–water partition coefficient (Wildman–Crippen LogP) is 4.44. The molecule has 8 heteroatoms. The summed E-state index contributed by atoms with van der Waals surface area (Å²) in [6.07, 6.45) is 0. The number of non-ortho nitro benzene ring substituents is 1. The summed E-state index contributed by atoms with van der Waals surface area (Å²) in [7, 11) is 0. The number of carbonyl (C=O) groups excluding carboxylic acids is 1. The number of halogens is 1. The molecule has 0 aliphatic carbocycles. The summed E-state index contributed by atoms with van der Waals surface area (Å²) < 4.78 is 20.1. The second-order valence-electron chi connectivity index (χ2n) is 7.20.